The number of nitrogens with zero attached hydrogens (tertiary/aromatic N) is 3. The lowest BCUT2D eigenvalue weighted by atomic mass is 10.0. The molecule has 2 aromatic carbocycles. The smallest absolute Gasteiger partial charge is 0.226 e. The van der Waals surface area contributed by atoms with Crippen molar-refractivity contribution >= 4 is 11.8 Å². The Labute approximate surface area is 235 Å². The number of hydrogen-bond acceptors (Lipinski definition) is 7. The van der Waals surface area contributed by atoms with E-state index in [0.717, 1.165) is 59.6 Å². The van der Waals surface area contributed by atoms with Crippen LogP contribution >= 0.6 is 0 Å². The summed E-state index contributed by atoms with van der Waals surface area (Å²) in [6.45, 7) is 7.91. The Kier molecular flexibility index (Phi) is 7.75. The predicted octanol–water partition coefficient (Wildman–Crippen LogP) is 6.29. The van der Waals surface area contributed by atoms with E-state index in [-0.39, 0.29) is 0 Å². The fourth-order valence-corrected chi connectivity index (χ4v) is 5.18. The molecule has 2 aliphatic rings. The number of anilines is 1. The van der Waals surface area contributed by atoms with Crippen molar-refractivity contribution in [3.63, 3.8) is 0 Å². The molecule has 0 amide bonds. The van der Waals surface area contributed by atoms with Gasteiger partial charge in [-0.05, 0) is 23.3 Å². The molecular formula is C33H33N3O4. The predicted molar refractivity (Wildman–Crippen MR) is 155 cm³/mol. The summed E-state index contributed by atoms with van der Waals surface area (Å²) in [5.74, 6) is 0.550. The van der Waals surface area contributed by atoms with Crippen molar-refractivity contribution in [1.82, 2.24) is 9.97 Å². The van der Waals surface area contributed by atoms with Crippen molar-refractivity contribution in [2.24, 2.45) is 0 Å². The van der Waals surface area contributed by atoms with E-state index in [1.165, 1.54) is 0 Å². The van der Waals surface area contributed by atoms with Crippen LogP contribution < -0.4 is 14.4 Å². The normalized spacial score (nSPS) is 16.1. The average molecular weight is 536 g/mol. The summed E-state index contributed by atoms with van der Waals surface area (Å²) in [5.41, 5.74) is 5.74. The fraction of sp³-hybridized carbons (Fsp3) is 0.273. The molecule has 0 radical (unpaired) electrons. The molecule has 0 saturated carbocycles. The second kappa shape index (κ2) is 11.9. The summed E-state index contributed by atoms with van der Waals surface area (Å²) in [6.07, 6.45) is 5.46. The molecule has 7 heteroatoms. The van der Waals surface area contributed by atoms with Crippen molar-refractivity contribution < 1.29 is 18.9 Å². The lowest BCUT2D eigenvalue weighted by Crippen LogP contribution is -2.45. The Bertz CT molecular complexity index is 1430. The fourth-order valence-electron chi connectivity index (χ4n) is 5.18. The van der Waals surface area contributed by atoms with E-state index < -0.39 is 5.79 Å². The Morgan fingerprint density at radius 2 is 1.50 bits per heavy atom. The van der Waals surface area contributed by atoms with Gasteiger partial charge >= 0.3 is 0 Å². The van der Waals surface area contributed by atoms with E-state index in [1.54, 1.807) is 0 Å². The van der Waals surface area contributed by atoms with E-state index >= 15 is 0 Å². The summed E-state index contributed by atoms with van der Waals surface area (Å²) >= 11 is 0. The second-order valence-electron chi connectivity index (χ2n) is 9.98. The molecule has 4 aromatic rings. The van der Waals surface area contributed by atoms with Gasteiger partial charge in [-0.1, -0.05) is 73.3 Å². The molecule has 6 rings (SSSR count). The van der Waals surface area contributed by atoms with Crippen LogP contribution in [0.3, 0.4) is 0 Å². The Morgan fingerprint density at radius 1 is 0.850 bits per heavy atom. The number of piperidine rings is 1. The number of rotatable bonds is 9. The molecule has 2 saturated heterocycles. The molecule has 0 atom stereocenters. The van der Waals surface area contributed by atoms with Crippen LogP contribution in [0.4, 0.5) is 5.69 Å². The highest BCUT2D eigenvalue weighted by Gasteiger charge is 2.40. The molecule has 204 valence electrons. The van der Waals surface area contributed by atoms with Crippen molar-refractivity contribution in [2.45, 2.75) is 31.8 Å². The molecule has 2 fully saturated rings. The first kappa shape index (κ1) is 26.0. The monoisotopic (exact) mass is 535 g/mol. The highest BCUT2D eigenvalue weighted by Crippen LogP contribution is 2.37. The minimum absolute atomic E-state index is 0.384. The summed E-state index contributed by atoms with van der Waals surface area (Å²) < 4.78 is 24.1. The third-order valence-corrected chi connectivity index (χ3v) is 7.37. The van der Waals surface area contributed by atoms with Crippen molar-refractivity contribution in [2.75, 3.05) is 31.2 Å². The van der Waals surface area contributed by atoms with Crippen LogP contribution in [-0.2, 0) is 22.7 Å². The zero-order chi connectivity index (χ0) is 27.2. The highest BCUT2D eigenvalue weighted by atomic mass is 16.7. The maximum absolute atomic E-state index is 6.25. The van der Waals surface area contributed by atoms with Gasteiger partial charge in [0.05, 0.1) is 36.4 Å². The topological polar surface area (TPSA) is 65.9 Å². The first-order valence-corrected chi connectivity index (χ1v) is 13.7. The minimum Gasteiger partial charge on any atom is -0.473 e. The number of pyridine rings is 2. The second-order valence-corrected chi connectivity index (χ2v) is 9.98. The summed E-state index contributed by atoms with van der Waals surface area (Å²) in [4.78, 5) is 11.9. The van der Waals surface area contributed by atoms with E-state index in [4.69, 9.17) is 28.9 Å². The van der Waals surface area contributed by atoms with Gasteiger partial charge < -0.3 is 23.8 Å². The molecule has 40 heavy (non-hydrogen) atoms. The van der Waals surface area contributed by atoms with Crippen LogP contribution in [0, 0.1) is 0 Å². The molecule has 0 unspecified atom stereocenters. The van der Waals surface area contributed by atoms with Gasteiger partial charge in [0.15, 0.2) is 5.79 Å². The Hall–Kier alpha value is -4.20. The molecule has 0 N–H and O–H groups in total. The van der Waals surface area contributed by atoms with Crippen molar-refractivity contribution in [3.8, 4) is 23.0 Å². The molecule has 0 aliphatic carbocycles. The molecule has 1 spiro atoms. The van der Waals surface area contributed by atoms with E-state index in [0.29, 0.717) is 38.2 Å². The molecule has 4 heterocycles. The maximum Gasteiger partial charge on any atom is 0.226 e. The Balaban J connectivity index is 1.25. The van der Waals surface area contributed by atoms with Crippen molar-refractivity contribution in [1.29, 1.82) is 0 Å². The summed E-state index contributed by atoms with van der Waals surface area (Å²) in [6, 6.07) is 25.9. The first-order valence-electron chi connectivity index (χ1n) is 13.7. The van der Waals surface area contributed by atoms with Gasteiger partial charge in [0, 0.05) is 37.6 Å². The van der Waals surface area contributed by atoms with E-state index in [9.17, 15) is 0 Å². The van der Waals surface area contributed by atoms with Crippen molar-refractivity contribution in [3.05, 3.63) is 108 Å². The highest BCUT2D eigenvalue weighted by molar-refractivity contribution is 5.74. The number of ether oxygens (including phenoxy) is 4. The SMILES string of the molecule is C=Cc1cc(-c2ccc(OCc3ccccc3)nc2OCc2ccccc2)ncc1N1CCC2(CC1)OCCO2. The summed E-state index contributed by atoms with van der Waals surface area (Å²) in [7, 11) is 0. The van der Waals surface area contributed by atoms with Gasteiger partial charge in [0.2, 0.25) is 11.8 Å². The average Bonchev–Trinajstić information content (AvgIpc) is 3.48. The van der Waals surface area contributed by atoms with Crippen LogP contribution in [0.2, 0.25) is 0 Å². The van der Waals surface area contributed by atoms with Gasteiger partial charge in [0.1, 0.15) is 13.2 Å². The molecule has 7 nitrogen and oxygen atoms in total. The maximum atomic E-state index is 6.25. The quantitative estimate of drug-likeness (QED) is 0.250. The minimum atomic E-state index is -0.417. The summed E-state index contributed by atoms with van der Waals surface area (Å²) in [5, 5.41) is 0. The first-order chi connectivity index (χ1) is 19.7. The van der Waals surface area contributed by atoms with Crippen LogP contribution in [0.15, 0.2) is 91.6 Å². The van der Waals surface area contributed by atoms with Gasteiger partial charge in [0.25, 0.3) is 0 Å². The van der Waals surface area contributed by atoms with Gasteiger partial charge in [-0.25, -0.2) is 0 Å². The van der Waals surface area contributed by atoms with Crippen LogP contribution in [0.25, 0.3) is 17.3 Å². The van der Waals surface area contributed by atoms with Crippen LogP contribution in [-0.4, -0.2) is 42.1 Å². The third-order valence-electron chi connectivity index (χ3n) is 7.37. The molecule has 0 bridgehead atoms. The zero-order valence-electron chi connectivity index (χ0n) is 22.5. The van der Waals surface area contributed by atoms with Crippen LogP contribution in [0.5, 0.6) is 11.8 Å². The zero-order valence-corrected chi connectivity index (χ0v) is 22.5. The van der Waals surface area contributed by atoms with E-state index in [1.807, 2.05) is 91.1 Å². The standard InChI is InChI=1S/C33H33N3O4/c1-2-27-21-29(34-22-30(27)36-17-15-33(16-18-36)39-19-20-40-33)28-13-14-31(37-23-25-9-5-3-6-10-25)35-32(28)38-24-26-11-7-4-8-12-26/h2-14,21-22H,1,15-20,23-24H2. The Morgan fingerprint density at radius 3 is 2.15 bits per heavy atom. The number of aromatic nitrogens is 2. The number of benzene rings is 2. The van der Waals surface area contributed by atoms with Crippen LogP contribution in [0.1, 0.15) is 29.5 Å². The van der Waals surface area contributed by atoms with Gasteiger partial charge in [-0.3, -0.25) is 4.98 Å². The lowest BCUT2D eigenvalue weighted by Gasteiger charge is -2.39. The van der Waals surface area contributed by atoms with Gasteiger partial charge in [-0.15, -0.1) is 0 Å². The molecular weight excluding hydrogens is 502 g/mol. The number of hydrogen-bond donors (Lipinski definition) is 0. The largest absolute Gasteiger partial charge is 0.473 e. The van der Waals surface area contributed by atoms with Gasteiger partial charge in [-0.2, -0.15) is 4.98 Å². The molecule has 2 aliphatic heterocycles. The lowest BCUT2D eigenvalue weighted by molar-refractivity contribution is -0.169. The molecule has 2 aromatic heterocycles. The third kappa shape index (κ3) is 5.86. The van der Waals surface area contributed by atoms with E-state index in [2.05, 4.69) is 11.5 Å².